The van der Waals surface area contributed by atoms with Gasteiger partial charge in [0.05, 0.1) is 17.2 Å². The summed E-state index contributed by atoms with van der Waals surface area (Å²) >= 11 is 3.41. The normalized spacial score (nSPS) is 14.2. The van der Waals surface area contributed by atoms with Gasteiger partial charge in [-0.1, -0.05) is 33.6 Å². The van der Waals surface area contributed by atoms with Crippen LogP contribution in [-0.4, -0.2) is 27.5 Å². The molecule has 7 heteroatoms. The molecule has 0 atom stereocenters. The van der Waals surface area contributed by atoms with Crippen molar-refractivity contribution in [2.24, 2.45) is 0 Å². The number of anilines is 1. The van der Waals surface area contributed by atoms with Crippen LogP contribution >= 0.6 is 15.9 Å². The van der Waals surface area contributed by atoms with Gasteiger partial charge in [-0.2, -0.15) is 0 Å². The number of rotatable bonds is 4. The van der Waals surface area contributed by atoms with Gasteiger partial charge < -0.3 is 4.74 Å². The molecule has 0 unspecified atom stereocenters. The van der Waals surface area contributed by atoms with Crippen LogP contribution in [0.15, 0.2) is 57.4 Å². The zero-order chi connectivity index (χ0) is 19.6. The number of hydrogen-bond acceptors (Lipinski definition) is 4. The molecule has 0 bridgehead atoms. The van der Waals surface area contributed by atoms with E-state index in [0.29, 0.717) is 16.8 Å². The Morgan fingerprint density at radius 3 is 2.56 bits per heavy atom. The van der Waals surface area contributed by atoms with Gasteiger partial charge in [0.15, 0.2) is 0 Å². The maximum absolute atomic E-state index is 13.3. The molecule has 0 fully saturated rings. The van der Waals surface area contributed by atoms with Crippen LogP contribution in [0.1, 0.15) is 24.5 Å². The van der Waals surface area contributed by atoms with E-state index in [-0.39, 0.29) is 24.5 Å². The summed E-state index contributed by atoms with van der Waals surface area (Å²) < 4.78 is 33.8. The monoisotopic (exact) mass is 449 g/mol. The maximum atomic E-state index is 13.3. The molecule has 1 heterocycles. The molecule has 0 spiro atoms. The van der Waals surface area contributed by atoms with Crippen molar-refractivity contribution >= 4 is 43.7 Å². The number of halogens is 1. The third-order valence-electron chi connectivity index (χ3n) is 4.32. The van der Waals surface area contributed by atoms with E-state index in [4.69, 9.17) is 4.74 Å². The van der Waals surface area contributed by atoms with Gasteiger partial charge in [-0.25, -0.2) is 13.2 Å². The Morgan fingerprint density at radius 2 is 1.89 bits per heavy atom. The fourth-order valence-electron chi connectivity index (χ4n) is 2.94. The minimum Gasteiger partial charge on any atom is -0.463 e. The Hall–Kier alpha value is -2.12. The summed E-state index contributed by atoms with van der Waals surface area (Å²) in [7, 11) is -3.76. The first-order valence-corrected chi connectivity index (χ1v) is 10.8. The average Bonchev–Trinajstić information content (AvgIpc) is 2.82. The van der Waals surface area contributed by atoms with Crippen LogP contribution < -0.4 is 4.31 Å². The van der Waals surface area contributed by atoms with Gasteiger partial charge in [-0.15, -0.1) is 0 Å². The number of carbonyl (C=O) groups excluding carboxylic acids is 1. The molecule has 27 heavy (non-hydrogen) atoms. The van der Waals surface area contributed by atoms with Crippen molar-refractivity contribution in [3.63, 3.8) is 0 Å². The molecule has 0 amide bonds. The van der Waals surface area contributed by atoms with E-state index in [1.54, 1.807) is 55.5 Å². The minimum atomic E-state index is -3.76. The minimum absolute atomic E-state index is 0.162. The summed E-state index contributed by atoms with van der Waals surface area (Å²) in [6.07, 6.45) is 1.99. The zero-order valence-corrected chi connectivity index (χ0v) is 17.5. The highest BCUT2D eigenvalue weighted by Gasteiger charge is 2.29. The molecule has 1 aliphatic rings. The molecule has 0 aliphatic carbocycles. The number of benzene rings is 2. The molecule has 2 aromatic rings. The van der Waals surface area contributed by atoms with Gasteiger partial charge in [0.1, 0.15) is 0 Å². The SMILES string of the molecule is CCOC(=O)C1=Cc2cc(Br)ccc2N(S(=O)(=O)c2ccc(C)cc2)CC1. The van der Waals surface area contributed by atoms with E-state index in [2.05, 4.69) is 15.9 Å². The van der Waals surface area contributed by atoms with Crippen molar-refractivity contribution in [2.45, 2.75) is 25.2 Å². The summed E-state index contributed by atoms with van der Waals surface area (Å²) in [5.41, 5.74) is 2.64. The molecule has 0 saturated heterocycles. The highest BCUT2D eigenvalue weighted by atomic mass is 79.9. The molecule has 0 aromatic heterocycles. The van der Waals surface area contributed by atoms with E-state index >= 15 is 0 Å². The number of aryl methyl sites for hydroxylation is 1. The van der Waals surface area contributed by atoms with Crippen LogP contribution in [0.2, 0.25) is 0 Å². The van der Waals surface area contributed by atoms with E-state index in [1.807, 2.05) is 6.92 Å². The maximum Gasteiger partial charge on any atom is 0.334 e. The number of sulfonamides is 1. The molecule has 0 N–H and O–H groups in total. The van der Waals surface area contributed by atoms with Crippen LogP contribution in [0, 0.1) is 6.92 Å². The topological polar surface area (TPSA) is 63.7 Å². The summed E-state index contributed by atoms with van der Waals surface area (Å²) in [6.45, 7) is 4.08. The Bertz CT molecular complexity index is 997. The van der Waals surface area contributed by atoms with Gasteiger partial charge in [0.2, 0.25) is 0 Å². The van der Waals surface area contributed by atoms with Crippen molar-refractivity contribution in [1.29, 1.82) is 0 Å². The Balaban J connectivity index is 2.08. The lowest BCUT2D eigenvalue weighted by Crippen LogP contribution is -2.32. The largest absolute Gasteiger partial charge is 0.463 e. The molecule has 1 aliphatic heterocycles. The van der Waals surface area contributed by atoms with Gasteiger partial charge in [0.25, 0.3) is 10.0 Å². The fraction of sp³-hybridized carbons (Fsp3) is 0.250. The number of nitrogens with zero attached hydrogens (tertiary/aromatic N) is 1. The molecule has 5 nitrogen and oxygen atoms in total. The molecule has 3 rings (SSSR count). The van der Waals surface area contributed by atoms with Crippen LogP contribution in [0.5, 0.6) is 0 Å². The number of fused-ring (bicyclic) bond motifs is 1. The van der Waals surface area contributed by atoms with Crippen LogP contribution in [-0.2, 0) is 19.6 Å². The number of hydrogen-bond donors (Lipinski definition) is 0. The third-order valence-corrected chi connectivity index (χ3v) is 6.64. The lowest BCUT2D eigenvalue weighted by atomic mass is 10.1. The lowest BCUT2D eigenvalue weighted by Gasteiger charge is -2.25. The first-order chi connectivity index (χ1) is 12.8. The first kappa shape index (κ1) is 19.6. The van der Waals surface area contributed by atoms with Crippen molar-refractivity contribution < 1.29 is 17.9 Å². The van der Waals surface area contributed by atoms with Crippen molar-refractivity contribution in [1.82, 2.24) is 0 Å². The zero-order valence-electron chi connectivity index (χ0n) is 15.1. The average molecular weight is 450 g/mol. The number of carbonyl (C=O) groups is 1. The number of ether oxygens (including phenoxy) is 1. The predicted octanol–water partition coefficient (Wildman–Crippen LogP) is 4.30. The van der Waals surface area contributed by atoms with Gasteiger partial charge in [-0.3, -0.25) is 4.31 Å². The van der Waals surface area contributed by atoms with Gasteiger partial charge >= 0.3 is 5.97 Å². The van der Waals surface area contributed by atoms with Crippen LogP contribution in [0.3, 0.4) is 0 Å². The van der Waals surface area contributed by atoms with E-state index in [0.717, 1.165) is 10.0 Å². The van der Waals surface area contributed by atoms with Gasteiger partial charge in [-0.05, 0) is 56.7 Å². The standard InChI is InChI=1S/C20H20BrNO4S/c1-3-26-20(23)15-10-11-22(19-9-6-17(21)13-16(19)12-15)27(24,25)18-7-4-14(2)5-8-18/h4-9,12-13H,3,10-11H2,1-2H3. The Morgan fingerprint density at radius 1 is 1.19 bits per heavy atom. The molecule has 142 valence electrons. The second-order valence-electron chi connectivity index (χ2n) is 6.23. The van der Waals surface area contributed by atoms with E-state index in [9.17, 15) is 13.2 Å². The second-order valence-corrected chi connectivity index (χ2v) is 9.01. The third kappa shape index (κ3) is 4.09. The van der Waals surface area contributed by atoms with E-state index < -0.39 is 16.0 Å². The Kier molecular flexibility index (Phi) is 5.72. The van der Waals surface area contributed by atoms with Gasteiger partial charge in [0, 0.05) is 22.2 Å². The first-order valence-electron chi connectivity index (χ1n) is 8.59. The molecule has 0 saturated carbocycles. The highest BCUT2D eigenvalue weighted by molar-refractivity contribution is 9.10. The predicted molar refractivity (Wildman–Crippen MR) is 109 cm³/mol. The van der Waals surface area contributed by atoms with Crippen LogP contribution in [0.25, 0.3) is 6.08 Å². The molecule has 2 aromatic carbocycles. The molecule has 0 radical (unpaired) electrons. The Labute approximate surface area is 167 Å². The summed E-state index contributed by atoms with van der Waals surface area (Å²) in [5.74, 6) is -0.419. The summed E-state index contributed by atoms with van der Waals surface area (Å²) in [6, 6.07) is 12.1. The van der Waals surface area contributed by atoms with E-state index in [1.165, 1.54) is 4.31 Å². The highest BCUT2D eigenvalue weighted by Crippen LogP contribution is 2.34. The summed E-state index contributed by atoms with van der Waals surface area (Å²) in [5, 5.41) is 0. The van der Waals surface area contributed by atoms with Crippen LogP contribution in [0.4, 0.5) is 5.69 Å². The number of esters is 1. The summed E-state index contributed by atoms with van der Waals surface area (Å²) in [4.78, 5) is 12.5. The van der Waals surface area contributed by atoms with Crippen molar-refractivity contribution in [3.05, 3.63) is 63.6 Å². The second kappa shape index (κ2) is 7.86. The smallest absolute Gasteiger partial charge is 0.334 e. The molecular formula is C20H20BrNO4S. The van der Waals surface area contributed by atoms with Crippen molar-refractivity contribution in [2.75, 3.05) is 17.5 Å². The fourth-order valence-corrected chi connectivity index (χ4v) is 4.81. The lowest BCUT2D eigenvalue weighted by molar-refractivity contribution is -0.138. The quantitative estimate of drug-likeness (QED) is 0.652. The van der Waals surface area contributed by atoms with Crippen molar-refractivity contribution in [3.8, 4) is 0 Å². The molecular weight excluding hydrogens is 430 g/mol.